The van der Waals surface area contributed by atoms with E-state index in [0.717, 1.165) is 17.4 Å². The first-order chi connectivity index (χ1) is 7.22. The van der Waals surface area contributed by atoms with Gasteiger partial charge in [-0.3, -0.25) is 0 Å². The van der Waals surface area contributed by atoms with Gasteiger partial charge in [0.1, 0.15) is 5.75 Å². The van der Waals surface area contributed by atoms with Gasteiger partial charge in [-0.2, -0.15) is 0 Å². The van der Waals surface area contributed by atoms with Crippen LogP contribution in [0.1, 0.15) is 19.4 Å². The Morgan fingerprint density at radius 1 is 1.13 bits per heavy atom. The van der Waals surface area contributed by atoms with E-state index in [4.69, 9.17) is 4.74 Å². The fourth-order valence-corrected chi connectivity index (χ4v) is 3.56. The van der Waals surface area contributed by atoms with Gasteiger partial charge in [0.15, 0.2) is 0 Å². The lowest BCUT2D eigenvalue weighted by Crippen LogP contribution is -1.88. The van der Waals surface area contributed by atoms with E-state index in [0.29, 0.717) is 0 Å². The number of benzene rings is 1. The second kappa shape index (κ2) is 7.07. The molecule has 0 amide bonds. The van der Waals surface area contributed by atoms with E-state index in [1.54, 1.807) is 7.11 Å². The Kier molecular flexibility index (Phi) is 6.03. The lowest BCUT2D eigenvalue weighted by molar-refractivity contribution is 0.414. The van der Waals surface area contributed by atoms with Gasteiger partial charge in [0.25, 0.3) is 0 Å². The molecule has 1 aromatic rings. The monoisotopic (exact) mass is 242 g/mol. The fraction of sp³-hybridized carbons (Fsp3) is 0.500. The van der Waals surface area contributed by atoms with Gasteiger partial charge in [0.05, 0.1) is 7.11 Å². The second-order valence-corrected chi connectivity index (χ2v) is 6.30. The van der Waals surface area contributed by atoms with Crippen LogP contribution in [-0.2, 0) is 5.75 Å². The topological polar surface area (TPSA) is 9.23 Å². The number of rotatable bonds is 6. The predicted octanol–water partition coefficient (Wildman–Crippen LogP) is 4.23. The molecule has 0 heterocycles. The minimum absolute atomic E-state index is 0.776. The van der Waals surface area contributed by atoms with Crippen LogP contribution in [0.5, 0.6) is 5.75 Å². The molecule has 0 aliphatic heterocycles. The normalized spacial score (nSPS) is 10.7. The number of hydrogen-bond acceptors (Lipinski definition) is 3. The third kappa shape index (κ3) is 5.38. The minimum atomic E-state index is 0.776. The van der Waals surface area contributed by atoms with Crippen molar-refractivity contribution in [3.05, 3.63) is 29.8 Å². The van der Waals surface area contributed by atoms with Crippen molar-refractivity contribution in [1.82, 2.24) is 0 Å². The third-order valence-electron chi connectivity index (χ3n) is 1.87. The molecular formula is C12H18OS2. The molecule has 0 aromatic heterocycles. The van der Waals surface area contributed by atoms with E-state index in [1.165, 1.54) is 11.3 Å². The van der Waals surface area contributed by atoms with Gasteiger partial charge >= 0.3 is 0 Å². The average molecular weight is 242 g/mol. The summed E-state index contributed by atoms with van der Waals surface area (Å²) in [6.45, 7) is 4.50. The highest BCUT2D eigenvalue weighted by atomic mass is 33.1. The van der Waals surface area contributed by atoms with Crippen molar-refractivity contribution in [2.24, 2.45) is 5.92 Å². The smallest absolute Gasteiger partial charge is 0.118 e. The second-order valence-electron chi connectivity index (χ2n) is 3.79. The summed E-state index contributed by atoms with van der Waals surface area (Å²) < 4.78 is 5.11. The number of hydrogen-bond donors (Lipinski definition) is 0. The van der Waals surface area contributed by atoms with Crippen LogP contribution in [0.3, 0.4) is 0 Å². The molecule has 1 nitrogen and oxygen atoms in total. The van der Waals surface area contributed by atoms with Gasteiger partial charge in [-0.25, -0.2) is 0 Å². The van der Waals surface area contributed by atoms with E-state index in [9.17, 15) is 0 Å². The minimum Gasteiger partial charge on any atom is -0.497 e. The Bertz CT molecular complexity index is 269. The van der Waals surface area contributed by atoms with Crippen molar-refractivity contribution in [2.75, 3.05) is 12.9 Å². The molecule has 0 fully saturated rings. The molecule has 0 atom stereocenters. The molecule has 0 spiro atoms. The van der Waals surface area contributed by atoms with Crippen molar-refractivity contribution in [2.45, 2.75) is 19.6 Å². The third-order valence-corrected chi connectivity index (χ3v) is 4.55. The largest absolute Gasteiger partial charge is 0.497 e. The van der Waals surface area contributed by atoms with Gasteiger partial charge in [-0.15, -0.1) is 0 Å². The van der Waals surface area contributed by atoms with Crippen LogP contribution >= 0.6 is 21.6 Å². The van der Waals surface area contributed by atoms with E-state index in [1.807, 2.05) is 33.7 Å². The summed E-state index contributed by atoms with van der Waals surface area (Å²) in [5.74, 6) is 4.00. The Balaban J connectivity index is 2.25. The van der Waals surface area contributed by atoms with E-state index < -0.39 is 0 Å². The molecule has 0 saturated carbocycles. The molecule has 0 aliphatic rings. The van der Waals surface area contributed by atoms with Crippen molar-refractivity contribution in [3.63, 3.8) is 0 Å². The number of methoxy groups -OCH3 is 1. The summed E-state index contributed by atoms with van der Waals surface area (Å²) in [5.41, 5.74) is 1.36. The van der Waals surface area contributed by atoms with Crippen LogP contribution in [0.15, 0.2) is 24.3 Å². The number of ether oxygens (including phenoxy) is 1. The van der Waals surface area contributed by atoms with Crippen LogP contribution in [0.2, 0.25) is 0 Å². The zero-order chi connectivity index (χ0) is 11.1. The average Bonchev–Trinajstić information content (AvgIpc) is 2.25. The first kappa shape index (κ1) is 12.8. The van der Waals surface area contributed by atoms with Gasteiger partial charge in [-0.05, 0) is 23.6 Å². The Morgan fingerprint density at radius 3 is 2.33 bits per heavy atom. The van der Waals surface area contributed by atoms with Crippen molar-refractivity contribution in [1.29, 1.82) is 0 Å². The Labute approximate surface area is 100 Å². The molecule has 84 valence electrons. The maximum atomic E-state index is 5.11. The molecular weight excluding hydrogens is 224 g/mol. The fourth-order valence-electron chi connectivity index (χ4n) is 1.02. The van der Waals surface area contributed by atoms with E-state index in [-0.39, 0.29) is 0 Å². The van der Waals surface area contributed by atoms with Crippen LogP contribution in [-0.4, -0.2) is 12.9 Å². The molecule has 0 N–H and O–H groups in total. The summed E-state index contributed by atoms with van der Waals surface area (Å²) in [6, 6.07) is 8.29. The van der Waals surface area contributed by atoms with Crippen LogP contribution in [0.4, 0.5) is 0 Å². The molecule has 1 rings (SSSR count). The van der Waals surface area contributed by atoms with Gasteiger partial charge in [0.2, 0.25) is 0 Å². The van der Waals surface area contributed by atoms with Crippen LogP contribution in [0.25, 0.3) is 0 Å². The highest BCUT2D eigenvalue weighted by Gasteiger charge is 1.97. The first-order valence-electron chi connectivity index (χ1n) is 5.09. The molecule has 15 heavy (non-hydrogen) atoms. The van der Waals surface area contributed by atoms with E-state index in [2.05, 4.69) is 26.0 Å². The molecule has 1 aromatic carbocycles. The van der Waals surface area contributed by atoms with Crippen LogP contribution in [0, 0.1) is 5.92 Å². The summed E-state index contributed by atoms with van der Waals surface area (Å²) in [7, 11) is 5.57. The molecule has 3 heteroatoms. The SMILES string of the molecule is COc1ccc(CSSCC(C)C)cc1. The summed E-state index contributed by atoms with van der Waals surface area (Å²) in [4.78, 5) is 0. The van der Waals surface area contributed by atoms with E-state index >= 15 is 0 Å². The molecule has 0 unspecified atom stereocenters. The molecule has 0 aliphatic carbocycles. The summed E-state index contributed by atoms with van der Waals surface area (Å²) in [6.07, 6.45) is 0. The lowest BCUT2D eigenvalue weighted by atomic mass is 10.2. The Morgan fingerprint density at radius 2 is 1.80 bits per heavy atom. The maximum absolute atomic E-state index is 5.11. The lowest BCUT2D eigenvalue weighted by Gasteiger charge is -2.04. The summed E-state index contributed by atoms with van der Waals surface area (Å²) in [5, 5.41) is 0. The Hall–Kier alpha value is -0.280. The van der Waals surface area contributed by atoms with Crippen molar-refractivity contribution in [3.8, 4) is 5.75 Å². The molecule has 0 bridgehead atoms. The van der Waals surface area contributed by atoms with Crippen LogP contribution < -0.4 is 4.74 Å². The zero-order valence-electron chi connectivity index (χ0n) is 9.53. The van der Waals surface area contributed by atoms with Gasteiger partial charge in [-0.1, -0.05) is 47.6 Å². The maximum Gasteiger partial charge on any atom is 0.118 e. The van der Waals surface area contributed by atoms with Crippen molar-refractivity contribution < 1.29 is 4.74 Å². The molecule has 0 radical (unpaired) electrons. The highest BCUT2D eigenvalue weighted by Crippen LogP contribution is 2.28. The highest BCUT2D eigenvalue weighted by molar-refractivity contribution is 8.76. The predicted molar refractivity (Wildman–Crippen MR) is 71.6 cm³/mol. The standard InChI is InChI=1S/C12H18OS2/c1-10(2)8-14-15-9-11-4-6-12(13-3)7-5-11/h4-7,10H,8-9H2,1-3H3. The van der Waals surface area contributed by atoms with Gasteiger partial charge in [0, 0.05) is 11.5 Å². The van der Waals surface area contributed by atoms with Crippen molar-refractivity contribution >= 4 is 21.6 Å². The zero-order valence-corrected chi connectivity index (χ0v) is 11.2. The quantitative estimate of drug-likeness (QED) is 0.545. The first-order valence-corrected chi connectivity index (χ1v) is 7.58. The molecule has 0 saturated heterocycles. The summed E-state index contributed by atoms with van der Waals surface area (Å²) >= 11 is 0. The van der Waals surface area contributed by atoms with Gasteiger partial charge < -0.3 is 4.74 Å².